The molecule has 0 aliphatic heterocycles. The highest BCUT2D eigenvalue weighted by molar-refractivity contribution is 5.39. The third kappa shape index (κ3) is 1.42. The number of H-pyrrole nitrogens is 1. The van der Waals surface area contributed by atoms with Gasteiger partial charge in [-0.1, -0.05) is 0 Å². The number of pyridine rings is 1. The Labute approximate surface area is 66.9 Å². The fourth-order valence-corrected chi connectivity index (χ4v) is 0.747. The molecule has 0 aromatic carbocycles. The Bertz CT molecular complexity index is 357. The molecule has 0 atom stereocenters. The van der Waals surface area contributed by atoms with E-state index in [-0.39, 0.29) is 11.6 Å². The van der Waals surface area contributed by atoms with Gasteiger partial charge in [-0.3, -0.25) is 19.9 Å². The lowest BCUT2D eigenvalue weighted by molar-refractivity contribution is -0.386. The van der Waals surface area contributed by atoms with Crippen LogP contribution in [0.25, 0.3) is 0 Å². The van der Waals surface area contributed by atoms with E-state index < -0.39 is 10.5 Å². The van der Waals surface area contributed by atoms with Gasteiger partial charge in [0.15, 0.2) is 0 Å². The van der Waals surface area contributed by atoms with Crippen LogP contribution in [-0.2, 0) is 0 Å². The SMILES string of the molecule is COc1[nH]c(=O)ccc1[N+](=O)[O-]. The van der Waals surface area contributed by atoms with E-state index >= 15 is 0 Å². The van der Waals surface area contributed by atoms with E-state index in [9.17, 15) is 14.9 Å². The lowest BCUT2D eigenvalue weighted by atomic mass is 10.4. The van der Waals surface area contributed by atoms with E-state index in [1.165, 1.54) is 7.11 Å². The number of hydrogen-bond acceptors (Lipinski definition) is 4. The van der Waals surface area contributed by atoms with Crippen LogP contribution in [0.4, 0.5) is 5.69 Å². The summed E-state index contributed by atoms with van der Waals surface area (Å²) in [6.45, 7) is 0. The molecule has 0 spiro atoms. The molecular formula is C6H6N2O4. The summed E-state index contributed by atoms with van der Waals surface area (Å²) in [5.41, 5.74) is -0.686. The van der Waals surface area contributed by atoms with E-state index in [1.54, 1.807) is 0 Å². The summed E-state index contributed by atoms with van der Waals surface area (Å²) >= 11 is 0. The van der Waals surface area contributed by atoms with Crippen LogP contribution in [0.5, 0.6) is 5.88 Å². The van der Waals surface area contributed by atoms with Crippen LogP contribution in [0.15, 0.2) is 16.9 Å². The van der Waals surface area contributed by atoms with E-state index in [0.717, 1.165) is 12.1 Å². The standard InChI is InChI=1S/C6H6N2O4/c1-12-6-4(8(10)11)2-3-5(9)7-6/h2-3H,1H3,(H,7,9). The number of ether oxygens (including phenoxy) is 1. The Hall–Kier alpha value is -1.85. The Morgan fingerprint density at radius 1 is 1.58 bits per heavy atom. The average Bonchev–Trinajstić information content (AvgIpc) is 2.03. The van der Waals surface area contributed by atoms with Crippen LogP contribution in [-0.4, -0.2) is 17.0 Å². The third-order valence-electron chi connectivity index (χ3n) is 1.26. The van der Waals surface area contributed by atoms with Crippen LogP contribution < -0.4 is 10.3 Å². The summed E-state index contributed by atoms with van der Waals surface area (Å²) in [7, 11) is 1.25. The maximum Gasteiger partial charge on any atom is 0.329 e. The van der Waals surface area contributed by atoms with Crippen molar-refractivity contribution in [3.05, 3.63) is 32.6 Å². The molecule has 0 aliphatic carbocycles. The zero-order valence-corrected chi connectivity index (χ0v) is 6.23. The molecule has 0 amide bonds. The number of aromatic amines is 1. The smallest absolute Gasteiger partial charge is 0.329 e. The maximum absolute atomic E-state index is 10.7. The van der Waals surface area contributed by atoms with Gasteiger partial charge in [0.05, 0.1) is 12.0 Å². The van der Waals surface area contributed by atoms with Crippen molar-refractivity contribution in [2.45, 2.75) is 0 Å². The molecule has 0 fully saturated rings. The van der Waals surface area contributed by atoms with Gasteiger partial charge in [0.25, 0.3) is 11.4 Å². The topological polar surface area (TPSA) is 85.2 Å². The normalized spacial score (nSPS) is 9.42. The molecule has 1 N–H and O–H groups in total. The fourth-order valence-electron chi connectivity index (χ4n) is 0.747. The summed E-state index contributed by atoms with van der Waals surface area (Å²) in [5.74, 6) is -0.132. The van der Waals surface area contributed by atoms with Gasteiger partial charge in [-0.05, 0) is 0 Å². The molecule has 1 aromatic heterocycles. The first-order valence-electron chi connectivity index (χ1n) is 3.07. The van der Waals surface area contributed by atoms with Crippen molar-refractivity contribution in [2.24, 2.45) is 0 Å². The Morgan fingerprint density at radius 3 is 2.75 bits per heavy atom. The lowest BCUT2D eigenvalue weighted by Crippen LogP contribution is -2.07. The zero-order valence-electron chi connectivity index (χ0n) is 6.23. The van der Waals surface area contributed by atoms with E-state index in [4.69, 9.17) is 0 Å². The predicted octanol–water partition coefficient (Wildman–Crippen LogP) is 0.292. The molecule has 1 heterocycles. The summed E-state index contributed by atoms with van der Waals surface area (Å²) < 4.78 is 4.59. The minimum Gasteiger partial charge on any atom is -0.477 e. The number of nitro groups is 1. The molecule has 0 unspecified atom stereocenters. The largest absolute Gasteiger partial charge is 0.477 e. The van der Waals surface area contributed by atoms with Gasteiger partial charge in [-0.25, -0.2) is 0 Å². The summed E-state index contributed by atoms with van der Waals surface area (Å²) in [6, 6.07) is 2.16. The second kappa shape index (κ2) is 3.04. The third-order valence-corrected chi connectivity index (χ3v) is 1.26. The Morgan fingerprint density at radius 2 is 2.25 bits per heavy atom. The highest BCUT2D eigenvalue weighted by atomic mass is 16.6. The molecule has 1 rings (SSSR count). The summed E-state index contributed by atoms with van der Waals surface area (Å²) in [6.07, 6.45) is 0. The number of aromatic nitrogens is 1. The lowest BCUT2D eigenvalue weighted by Gasteiger charge is -1.98. The molecular weight excluding hydrogens is 164 g/mol. The zero-order chi connectivity index (χ0) is 9.14. The molecule has 0 aliphatic rings. The molecule has 12 heavy (non-hydrogen) atoms. The number of hydrogen-bond donors (Lipinski definition) is 1. The van der Waals surface area contributed by atoms with Crippen LogP contribution in [0.1, 0.15) is 0 Å². The first-order valence-corrected chi connectivity index (χ1v) is 3.07. The first kappa shape index (κ1) is 8.25. The molecule has 6 heteroatoms. The predicted molar refractivity (Wildman–Crippen MR) is 40.3 cm³/mol. The minimum atomic E-state index is -0.630. The molecule has 0 saturated heterocycles. The second-order valence-corrected chi connectivity index (χ2v) is 2.00. The maximum atomic E-state index is 10.7. The molecule has 1 aromatic rings. The van der Waals surface area contributed by atoms with E-state index in [0.29, 0.717) is 0 Å². The fraction of sp³-hybridized carbons (Fsp3) is 0.167. The van der Waals surface area contributed by atoms with Gasteiger partial charge in [0.2, 0.25) is 0 Å². The minimum absolute atomic E-state index is 0.132. The molecule has 0 bridgehead atoms. The van der Waals surface area contributed by atoms with Gasteiger partial charge in [0.1, 0.15) is 0 Å². The van der Waals surface area contributed by atoms with Crippen molar-refractivity contribution < 1.29 is 9.66 Å². The Kier molecular flexibility index (Phi) is 2.09. The molecule has 0 saturated carbocycles. The van der Waals surface area contributed by atoms with Crippen molar-refractivity contribution in [3.63, 3.8) is 0 Å². The van der Waals surface area contributed by atoms with Crippen molar-refractivity contribution in [3.8, 4) is 5.88 Å². The molecule has 64 valence electrons. The van der Waals surface area contributed by atoms with Crippen molar-refractivity contribution in [2.75, 3.05) is 7.11 Å². The van der Waals surface area contributed by atoms with Crippen molar-refractivity contribution in [1.29, 1.82) is 0 Å². The van der Waals surface area contributed by atoms with Crippen molar-refractivity contribution in [1.82, 2.24) is 4.98 Å². The van der Waals surface area contributed by atoms with Gasteiger partial charge >= 0.3 is 5.69 Å². The number of rotatable bonds is 2. The van der Waals surface area contributed by atoms with Gasteiger partial charge in [0, 0.05) is 12.1 Å². The van der Waals surface area contributed by atoms with Gasteiger partial charge in [-0.15, -0.1) is 0 Å². The van der Waals surface area contributed by atoms with Gasteiger partial charge < -0.3 is 4.74 Å². The summed E-state index contributed by atoms with van der Waals surface area (Å²) in [4.78, 5) is 22.5. The van der Waals surface area contributed by atoms with E-state index in [2.05, 4.69) is 9.72 Å². The molecule has 6 nitrogen and oxygen atoms in total. The molecule has 0 radical (unpaired) electrons. The number of nitrogens with one attached hydrogen (secondary N) is 1. The van der Waals surface area contributed by atoms with Crippen LogP contribution in [0.3, 0.4) is 0 Å². The van der Waals surface area contributed by atoms with Crippen molar-refractivity contribution >= 4 is 5.69 Å². The van der Waals surface area contributed by atoms with Crippen LogP contribution in [0.2, 0.25) is 0 Å². The number of methoxy groups -OCH3 is 1. The Balaban J connectivity index is 3.29. The first-order chi connectivity index (χ1) is 5.65. The number of nitrogens with zero attached hydrogens (tertiary/aromatic N) is 1. The highest BCUT2D eigenvalue weighted by Gasteiger charge is 2.13. The second-order valence-electron chi connectivity index (χ2n) is 2.00. The van der Waals surface area contributed by atoms with Crippen LogP contribution in [0, 0.1) is 10.1 Å². The monoisotopic (exact) mass is 170 g/mol. The average molecular weight is 170 g/mol. The van der Waals surface area contributed by atoms with E-state index in [1.807, 2.05) is 0 Å². The summed E-state index contributed by atoms with van der Waals surface area (Å²) in [5, 5.41) is 10.3. The van der Waals surface area contributed by atoms with Gasteiger partial charge in [-0.2, -0.15) is 0 Å². The quantitative estimate of drug-likeness (QED) is 0.510. The highest BCUT2D eigenvalue weighted by Crippen LogP contribution is 2.20. The van der Waals surface area contributed by atoms with Crippen LogP contribution >= 0.6 is 0 Å².